The van der Waals surface area contributed by atoms with Gasteiger partial charge in [0, 0.05) is 44.2 Å². The molecule has 1 aromatic rings. The molecule has 9 nitrogen and oxygen atoms in total. The number of halogens is 1. The molecule has 2 fully saturated rings. The van der Waals surface area contributed by atoms with Crippen LogP contribution in [0.25, 0.3) is 0 Å². The zero-order chi connectivity index (χ0) is 18.7. The third-order valence-electron chi connectivity index (χ3n) is 4.90. The van der Waals surface area contributed by atoms with E-state index in [-0.39, 0.29) is 47.9 Å². The van der Waals surface area contributed by atoms with E-state index in [2.05, 4.69) is 5.32 Å². The molecule has 11 heteroatoms. The number of non-ortho nitro benzene ring substituents is 1. The number of carbonyl (C=O) groups excluding carboxylic acids is 1. The first-order valence-electron chi connectivity index (χ1n) is 8.64. The van der Waals surface area contributed by atoms with Crippen molar-refractivity contribution in [3.8, 4) is 0 Å². The third kappa shape index (κ3) is 4.75. The number of sulfonamides is 1. The summed E-state index contributed by atoms with van der Waals surface area (Å²) in [6.45, 7) is 2.74. The third-order valence-corrected chi connectivity index (χ3v) is 6.80. The Morgan fingerprint density at radius 2 is 1.78 bits per heavy atom. The molecule has 0 saturated carbocycles. The van der Waals surface area contributed by atoms with Crippen molar-refractivity contribution in [2.24, 2.45) is 5.92 Å². The smallest absolute Gasteiger partial charge is 0.270 e. The Bertz CT molecular complexity index is 790. The van der Waals surface area contributed by atoms with Crippen molar-refractivity contribution < 1.29 is 18.1 Å². The molecule has 1 aromatic carbocycles. The van der Waals surface area contributed by atoms with E-state index >= 15 is 0 Å². The van der Waals surface area contributed by atoms with Gasteiger partial charge in [-0.2, -0.15) is 4.31 Å². The predicted molar refractivity (Wildman–Crippen MR) is 101 cm³/mol. The molecule has 1 N–H and O–H groups in total. The van der Waals surface area contributed by atoms with Crippen LogP contribution in [-0.2, 0) is 14.8 Å². The maximum Gasteiger partial charge on any atom is 0.270 e. The number of carbonyl (C=O) groups is 1. The molecule has 2 saturated heterocycles. The molecule has 2 aliphatic heterocycles. The van der Waals surface area contributed by atoms with Gasteiger partial charge in [0.25, 0.3) is 5.69 Å². The van der Waals surface area contributed by atoms with Gasteiger partial charge < -0.3 is 10.2 Å². The SMILES string of the molecule is Cl.O=C(C1CCNCC1)N1CCN(S(=O)(=O)c2cccc([N+](=O)[O-])c2)CC1. The van der Waals surface area contributed by atoms with Gasteiger partial charge in [0.1, 0.15) is 0 Å². The van der Waals surface area contributed by atoms with Gasteiger partial charge in [0.15, 0.2) is 0 Å². The van der Waals surface area contributed by atoms with Gasteiger partial charge >= 0.3 is 0 Å². The van der Waals surface area contributed by atoms with E-state index in [1.165, 1.54) is 22.5 Å². The lowest BCUT2D eigenvalue weighted by atomic mass is 9.96. The number of benzene rings is 1. The van der Waals surface area contributed by atoms with Crippen molar-refractivity contribution in [2.75, 3.05) is 39.3 Å². The van der Waals surface area contributed by atoms with E-state index in [1.807, 2.05) is 0 Å². The number of nitrogens with zero attached hydrogens (tertiary/aromatic N) is 3. The molecule has 0 atom stereocenters. The fourth-order valence-electron chi connectivity index (χ4n) is 3.38. The van der Waals surface area contributed by atoms with Gasteiger partial charge in [-0.05, 0) is 32.0 Å². The van der Waals surface area contributed by atoms with Gasteiger partial charge in [-0.15, -0.1) is 12.4 Å². The highest BCUT2D eigenvalue weighted by Gasteiger charge is 2.33. The molecule has 1 amide bonds. The molecule has 0 spiro atoms. The molecule has 150 valence electrons. The first-order chi connectivity index (χ1) is 12.4. The fraction of sp³-hybridized carbons (Fsp3) is 0.562. The van der Waals surface area contributed by atoms with Crippen molar-refractivity contribution in [1.29, 1.82) is 0 Å². The Hall–Kier alpha value is -1.75. The maximum atomic E-state index is 12.7. The molecule has 0 aliphatic carbocycles. The Morgan fingerprint density at radius 3 is 2.37 bits per heavy atom. The molecular weight excluding hydrogens is 396 g/mol. The second-order valence-electron chi connectivity index (χ2n) is 6.51. The van der Waals surface area contributed by atoms with Gasteiger partial charge in [0.05, 0.1) is 9.82 Å². The Kier molecular flexibility index (Phi) is 7.15. The van der Waals surface area contributed by atoms with Crippen molar-refractivity contribution >= 4 is 34.0 Å². The first-order valence-corrected chi connectivity index (χ1v) is 10.1. The van der Waals surface area contributed by atoms with Gasteiger partial charge in [-0.1, -0.05) is 6.07 Å². The van der Waals surface area contributed by atoms with E-state index < -0.39 is 14.9 Å². The molecule has 3 rings (SSSR count). The Balaban J connectivity index is 0.00000261. The van der Waals surface area contributed by atoms with Crippen LogP contribution < -0.4 is 5.32 Å². The monoisotopic (exact) mass is 418 g/mol. The highest BCUT2D eigenvalue weighted by molar-refractivity contribution is 7.89. The number of nitro benzene ring substituents is 1. The summed E-state index contributed by atoms with van der Waals surface area (Å²) in [4.78, 5) is 24.4. The first kappa shape index (κ1) is 21.5. The molecule has 0 bridgehead atoms. The number of nitro groups is 1. The highest BCUT2D eigenvalue weighted by atomic mass is 35.5. The van der Waals surface area contributed by atoms with Gasteiger partial charge in [0.2, 0.25) is 15.9 Å². The van der Waals surface area contributed by atoms with Crippen LogP contribution in [0.2, 0.25) is 0 Å². The highest BCUT2D eigenvalue weighted by Crippen LogP contribution is 2.23. The normalized spacial score (nSPS) is 19.3. The fourth-order valence-corrected chi connectivity index (χ4v) is 4.84. The number of hydrogen-bond acceptors (Lipinski definition) is 6. The quantitative estimate of drug-likeness (QED) is 0.572. The zero-order valence-electron chi connectivity index (χ0n) is 14.7. The largest absolute Gasteiger partial charge is 0.340 e. The molecule has 0 aromatic heterocycles. The summed E-state index contributed by atoms with van der Waals surface area (Å²) >= 11 is 0. The van der Waals surface area contributed by atoms with Crippen LogP contribution in [0.15, 0.2) is 29.2 Å². The minimum Gasteiger partial charge on any atom is -0.340 e. The summed E-state index contributed by atoms with van der Waals surface area (Å²) in [6, 6.07) is 5.05. The van der Waals surface area contributed by atoms with E-state index in [0.29, 0.717) is 13.1 Å². The van der Waals surface area contributed by atoms with Gasteiger partial charge in [-0.3, -0.25) is 14.9 Å². The summed E-state index contributed by atoms with van der Waals surface area (Å²) in [5, 5.41) is 14.1. The van der Waals surface area contributed by atoms with Crippen LogP contribution in [0.5, 0.6) is 0 Å². The summed E-state index contributed by atoms with van der Waals surface area (Å²) in [5.41, 5.74) is -0.259. The average Bonchev–Trinajstić information content (AvgIpc) is 2.68. The number of rotatable bonds is 4. The summed E-state index contributed by atoms with van der Waals surface area (Å²) in [5.74, 6) is 0.107. The predicted octanol–water partition coefficient (Wildman–Crippen LogP) is 0.849. The average molecular weight is 419 g/mol. The van der Waals surface area contributed by atoms with Crippen LogP contribution in [-0.4, -0.2) is 67.7 Å². The van der Waals surface area contributed by atoms with Crippen molar-refractivity contribution in [1.82, 2.24) is 14.5 Å². The molecule has 27 heavy (non-hydrogen) atoms. The number of nitrogens with one attached hydrogen (secondary N) is 1. The van der Waals surface area contributed by atoms with Crippen LogP contribution >= 0.6 is 12.4 Å². The zero-order valence-corrected chi connectivity index (χ0v) is 16.4. The molecule has 2 aliphatic rings. The van der Waals surface area contributed by atoms with E-state index in [4.69, 9.17) is 0 Å². The molecule has 0 radical (unpaired) electrons. The lowest BCUT2D eigenvalue weighted by Crippen LogP contribution is -2.52. The van der Waals surface area contributed by atoms with Crippen LogP contribution in [0.1, 0.15) is 12.8 Å². The van der Waals surface area contributed by atoms with Gasteiger partial charge in [-0.25, -0.2) is 8.42 Å². The minimum absolute atomic E-state index is 0. The summed E-state index contributed by atoms with van der Waals surface area (Å²) in [7, 11) is -3.81. The second-order valence-corrected chi connectivity index (χ2v) is 8.45. The number of hydrogen-bond donors (Lipinski definition) is 1. The van der Waals surface area contributed by atoms with Crippen molar-refractivity contribution in [2.45, 2.75) is 17.7 Å². The number of piperidine rings is 1. The maximum absolute atomic E-state index is 12.7. The lowest BCUT2D eigenvalue weighted by Gasteiger charge is -2.36. The standard InChI is InChI=1S/C16H22N4O5S.ClH/c21-16(13-4-6-17-7-5-13)18-8-10-19(11-9-18)26(24,25)15-3-1-2-14(12-15)20(22)23;/h1-3,12-13,17H,4-11H2;1H. The van der Waals surface area contributed by atoms with E-state index in [0.717, 1.165) is 32.0 Å². The van der Waals surface area contributed by atoms with E-state index in [9.17, 15) is 23.3 Å². The Labute approximate surface area is 164 Å². The van der Waals surface area contributed by atoms with Crippen molar-refractivity contribution in [3.63, 3.8) is 0 Å². The van der Waals surface area contributed by atoms with Crippen LogP contribution in [0, 0.1) is 16.0 Å². The van der Waals surface area contributed by atoms with Crippen LogP contribution in [0.3, 0.4) is 0 Å². The summed E-state index contributed by atoms with van der Waals surface area (Å²) in [6.07, 6.45) is 1.62. The molecule has 2 heterocycles. The second kappa shape index (κ2) is 8.96. The number of amides is 1. The topological polar surface area (TPSA) is 113 Å². The Morgan fingerprint density at radius 1 is 1.15 bits per heavy atom. The minimum atomic E-state index is -3.81. The van der Waals surface area contributed by atoms with Crippen LogP contribution in [0.4, 0.5) is 5.69 Å². The summed E-state index contributed by atoms with van der Waals surface area (Å²) < 4.78 is 26.8. The number of piperazine rings is 1. The molecular formula is C16H23ClN4O5S. The van der Waals surface area contributed by atoms with E-state index in [1.54, 1.807) is 4.90 Å². The molecule has 0 unspecified atom stereocenters. The lowest BCUT2D eigenvalue weighted by molar-refractivity contribution is -0.385. The van der Waals surface area contributed by atoms with Crippen molar-refractivity contribution in [3.05, 3.63) is 34.4 Å².